The first kappa shape index (κ1) is 25.2. The van der Waals surface area contributed by atoms with Gasteiger partial charge in [-0.2, -0.15) is 0 Å². The van der Waals surface area contributed by atoms with Gasteiger partial charge in [-0.05, 0) is 54.5 Å². The first-order chi connectivity index (χ1) is 20.0. The van der Waals surface area contributed by atoms with E-state index in [1.807, 2.05) is 47.4 Å². The van der Waals surface area contributed by atoms with Crippen molar-refractivity contribution in [2.24, 2.45) is 5.41 Å². The molecule has 8 heteroatoms. The van der Waals surface area contributed by atoms with Gasteiger partial charge in [0.25, 0.3) is 0 Å². The van der Waals surface area contributed by atoms with Gasteiger partial charge in [-0.3, -0.25) is 14.3 Å². The van der Waals surface area contributed by atoms with Crippen molar-refractivity contribution in [3.8, 4) is 28.3 Å². The van der Waals surface area contributed by atoms with Crippen LogP contribution in [0, 0.1) is 5.41 Å². The predicted molar refractivity (Wildman–Crippen MR) is 161 cm³/mol. The smallest absolute Gasteiger partial charge is 0.245 e. The largest absolute Gasteiger partial charge is 0.383 e. The van der Waals surface area contributed by atoms with Gasteiger partial charge in [0.2, 0.25) is 5.91 Å². The molecular formula is C33H31N7O. The highest BCUT2D eigenvalue weighted by molar-refractivity contribution is 5.87. The Morgan fingerprint density at radius 1 is 0.951 bits per heavy atom. The maximum Gasteiger partial charge on any atom is 0.245 e. The van der Waals surface area contributed by atoms with E-state index in [0.717, 1.165) is 72.8 Å². The molecule has 0 bridgehead atoms. The molecule has 41 heavy (non-hydrogen) atoms. The summed E-state index contributed by atoms with van der Waals surface area (Å²) in [5, 5.41) is 0. The van der Waals surface area contributed by atoms with Crippen LogP contribution in [0.4, 0.5) is 5.82 Å². The van der Waals surface area contributed by atoms with Crippen molar-refractivity contribution in [2.45, 2.75) is 13.0 Å². The van der Waals surface area contributed by atoms with Crippen molar-refractivity contribution >= 4 is 22.9 Å². The number of hydrogen-bond donors (Lipinski definition) is 1. The van der Waals surface area contributed by atoms with E-state index in [1.54, 1.807) is 6.20 Å². The average Bonchev–Trinajstić information content (AvgIpc) is 3.60. The fourth-order valence-corrected chi connectivity index (χ4v) is 6.29. The standard InChI is InChI=1S/C33H31N7O/c1-2-29(41)39-18-16-33(22-39)20-38(21-33)19-23-10-12-25(13-11-23)40-31(26-9-6-17-35-30(26)34)37-28-15-14-27(36-32(28)40)24-7-4-3-5-8-24/h2-15,17H,1,16,18-22H2,(H2,34,35). The van der Waals surface area contributed by atoms with Crippen molar-refractivity contribution in [3.63, 3.8) is 0 Å². The molecule has 5 heterocycles. The van der Waals surface area contributed by atoms with Crippen LogP contribution in [0.15, 0.2) is 97.7 Å². The second-order valence-corrected chi connectivity index (χ2v) is 11.1. The van der Waals surface area contributed by atoms with Crippen molar-refractivity contribution < 1.29 is 4.79 Å². The van der Waals surface area contributed by atoms with E-state index in [4.69, 9.17) is 15.7 Å². The number of pyridine rings is 2. The van der Waals surface area contributed by atoms with Gasteiger partial charge < -0.3 is 10.6 Å². The monoisotopic (exact) mass is 541 g/mol. The number of rotatable bonds is 6. The minimum atomic E-state index is 0.0423. The zero-order valence-corrected chi connectivity index (χ0v) is 22.8. The van der Waals surface area contributed by atoms with Crippen LogP contribution in [0.3, 0.4) is 0 Å². The topological polar surface area (TPSA) is 93.2 Å². The van der Waals surface area contributed by atoms with Crippen molar-refractivity contribution in [3.05, 3.63) is 103 Å². The lowest BCUT2D eigenvalue weighted by Gasteiger charge is -2.48. The molecule has 1 amide bonds. The number of anilines is 1. The number of amides is 1. The SMILES string of the molecule is C=CC(=O)N1CCC2(CN(Cc3ccc(-n4c(-c5cccnc5N)nc5ccc(-c6ccccc6)nc54)cc3)C2)C1. The Kier molecular flexibility index (Phi) is 6.12. The highest BCUT2D eigenvalue weighted by Gasteiger charge is 2.48. The molecule has 0 saturated carbocycles. The van der Waals surface area contributed by atoms with Crippen LogP contribution < -0.4 is 5.73 Å². The van der Waals surface area contributed by atoms with E-state index >= 15 is 0 Å². The van der Waals surface area contributed by atoms with Crippen LogP contribution in [-0.2, 0) is 11.3 Å². The maximum absolute atomic E-state index is 12.0. The van der Waals surface area contributed by atoms with E-state index in [9.17, 15) is 4.79 Å². The molecule has 204 valence electrons. The summed E-state index contributed by atoms with van der Waals surface area (Å²) in [6, 6.07) is 26.6. The number of hydrogen-bond acceptors (Lipinski definition) is 6. The number of carbonyl (C=O) groups is 1. The Morgan fingerprint density at radius 3 is 2.51 bits per heavy atom. The van der Waals surface area contributed by atoms with E-state index in [0.29, 0.717) is 11.6 Å². The molecule has 2 saturated heterocycles. The second-order valence-electron chi connectivity index (χ2n) is 11.1. The van der Waals surface area contributed by atoms with Crippen LogP contribution in [0.1, 0.15) is 12.0 Å². The number of carbonyl (C=O) groups excluding carboxylic acids is 1. The fourth-order valence-electron chi connectivity index (χ4n) is 6.29. The van der Waals surface area contributed by atoms with Gasteiger partial charge in [-0.1, -0.05) is 49.0 Å². The van der Waals surface area contributed by atoms with Gasteiger partial charge in [0.05, 0.1) is 11.3 Å². The van der Waals surface area contributed by atoms with E-state index < -0.39 is 0 Å². The van der Waals surface area contributed by atoms with E-state index in [1.165, 1.54) is 11.6 Å². The zero-order chi connectivity index (χ0) is 28.0. The Hall–Kier alpha value is -4.82. The summed E-state index contributed by atoms with van der Waals surface area (Å²) in [4.78, 5) is 30.7. The van der Waals surface area contributed by atoms with Crippen molar-refractivity contribution in [1.82, 2.24) is 29.3 Å². The van der Waals surface area contributed by atoms with Gasteiger partial charge in [0.1, 0.15) is 11.3 Å². The molecule has 2 aliphatic rings. The van der Waals surface area contributed by atoms with Gasteiger partial charge in [0, 0.05) is 55.6 Å². The van der Waals surface area contributed by atoms with Crippen molar-refractivity contribution in [1.29, 1.82) is 0 Å². The summed E-state index contributed by atoms with van der Waals surface area (Å²) in [5.41, 5.74) is 13.0. The van der Waals surface area contributed by atoms with E-state index in [2.05, 4.69) is 57.4 Å². The highest BCUT2D eigenvalue weighted by Crippen LogP contribution is 2.40. The summed E-state index contributed by atoms with van der Waals surface area (Å²) in [6.45, 7) is 8.20. The Bertz CT molecular complexity index is 1750. The molecule has 2 aromatic carbocycles. The molecule has 2 fully saturated rings. The molecule has 0 unspecified atom stereocenters. The number of benzene rings is 2. The third-order valence-electron chi connectivity index (χ3n) is 8.30. The number of likely N-dealkylation sites (tertiary alicyclic amines) is 2. The summed E-state index contributed by atoms with van der Waals surface area (Å²) >= 11 is 0. The third kappa shape index (κ3) is 4.56. The minimum Gasteiger partial charge on any atom is -0.383 e. The van der Waals surface area contributed by atoms with Crippen LogP contribution in [-0.4, -0.2) is 61.4 Å². The average molecular weight is 542 g/mol. The van der Waals surface area contributed by atoms with Crippen LogP contribution >= 0.6 is 0 Å². The second kappa shape index (κ2) is 9.98. The first-order valence-electron chi connectivity index (χ1n) is 13.9. The molecule has 0 atom stereocenters. The Balaban J connectivity index is 1.19. The quantitative estimate of drug-likeness (QED) is 0.306. The first-order valence-corrected chi connectivity index (χ1v) is 13.9. The Labute approximate surface area is 238 Å². The van der Waals surface area contributed by atoms with E-state index in [-0.39, 0.29) is 11.3 Å². The molecule has 8 nitrogen and oxygen atoms in total. The molecule has 0 radical (unpaired) electrons. The van der Waals surface area contributed by atoms with Gasteiger partial charge >= 0.3 is 0 Å². The van der Waals surface area contributed by atoms with Crippen LogP contribution in [0.5, 0.6) is 0 Å². The fraction of sp³-hybridized carbons (Fsp3) is 0.212. The highest BCUT2D eigenvalue weighted by atomic mass is 16.2. The predicted octanol–water partition coefficient (Wildman–Crippen LogP) is 4.95. The number of nitrogens with zero attached hydrogens (tertiary/aromatic N) is 6. The lowest BCUT2D eigenvalue weighted by Crippen LogP contribution is -2.57. The molecule has 2 N–H and O–H groups in total. The molecule has 3 aromatic heterocycles. The lowest BCUT2D eigenvalue weighted by molar-refractivity contribution is -0.126. The van der Waals surface area contributed by atoms with Crippen LogP contribution in [0.2, 0.25) is 0 Å². The molecule has 5 aromatic rings. The Morgan fingerprint density at radius 2 is 1.76 bits per heavy atom. The number of imidazole rings is 1. The minimum absolute atomic E-state index is 0.0423. The summed E-state index contributed by atoms with van der Waals surface area (Å²) in [7, 11) is 0. The molecule has 1 spiro atoms. The van der Waals surface area contributed by atoms with Crippen molar-refractivity contribution in [2.75, 3.05) is 31.9 Å². The van der Waals surface area contributed by atoms with Gasteiger partial charge in [0.15, 0.2) is 11.5 Å². The molecule has 0 aliphatic carbocycles. The number of nitrogen functional groups attached to an aromatic ring is 1. The number of fused-ring (bicyclic) bond motifs is 1. The van der Waals surface area contributed by atoms with Crippen LogP contribution in [0.25, 0.3) is 39.5 Å². The number of nitrogens with two attached hydrogens (primary N) is 1. The van der Waals surface area contributed by atoms with Gasteiger partial charge in [-0.15, -0.1) is 0 Å². The lowest BCUT2D eigenvalue weighted by atomic mass is 9.79. The number of aromatic nitrogens is 4. The molecule has 7 rings (SSSR count). The summed E-state index contributed by atoms with van der Waals surface area (Å²) in [5.74, 6) is 1.18. The van der Waals surface area contributed by atoms with Gasteiger partial charge in [-0.25, -0.2) is 15.0 Å². The summed E-state index contributed by atoms with van der Waals surface area (Å²) in [6.07, 6.45) is 4.17. The maximum atomic E-state index is 12.0. The zero-order valence-electron chi connectivity index (χ0n) is 22.8. The summed E-state index contributed by atoms with van der Waals surface area (Å²) < 4.78 is 2.07. The normalized spacial score (nSPS) is 16.2. The molecule has 2 aliphatic heterocycles. The third-order valence-corrected chi connectivity index (χ3v) is 8.30. The molecular weight excluding hydrogens is 510 g/mol.